The Balaban J connectivity index is 1.31. The lowest BCUT2D eigenvalue weighted by Gasteiger charge is -2.41. The number of alkyl carbamates (subject to hydrolysis) is 1. The third-order valence-electron chi connectivity index (χ3n) is 7.92. The summed E-state index contributed by atoms with van der Waals surface area (Å²) in [5, 5.41) is 15.1. The number of ether oxygens (including phenoxy) is 3. The van der Waals surface area contributed by atoms with Crippen LogP contribution < -0.4 is 10.6 Å². The van der Waals surface area contributed by atoms with Gasteiger partial charge in [-0.2, -0.15) is 0 Å². The van der Waals surface area contributed by atoms with E-state index >= 15 is 0 Å². The summed E-state index contributed by atoms with van der Waals surface area (Å²) in [5.74, 6) is 0.671. The fourth-order valence-corrected chi connectivity index (χ4v) is 6.45. The molecule has 0 bridgehead atoms. The van der Waals surface area contributed by atoms with Crippen molar-refractivity contribution in [3.05, 3.63) is 132 Å². The van der Waals surface area contributed by atoms with Gasteiger partial charge in [0.25, 0.3) is 0 Å². The predicted molar refractivity (Wildman–Crippen MR) is 185 cm³/mol. The first-order valence-corrected chi connectivity index (χ1v) is 16.5. The second-order valence-electron chi connectivity index (χ2n) is 11.4. The van der Waals surface area contributed by atoms with Crippen LogP contribution in [0.3, 0.4) is 0 Å². The van der Waals surface area contributed by atoms with Crippen molar-refractivity contribution in [2.75, 3.05) is 17.7 Å². The van der Waals surface area contributed by atoms with E-state index in [1.54, 1.807) is 11.8 Å². The molecule has 9 heteroatoms. The summed E-state index contributed by atoms with van der Waals surface area (Å²) in [6.45, 7) is 7.70. The number of anilines is 1. The second-order valence-corrected chi connectivity index (χ2v) is 12.5. The summed E-state index contributed by atoms with van der Waals surface area (Å²) in [4.78, 5) is 24.3. The zero-order valence-electron chi connectivity index (χ0n) is 26.6. The lowest BCUT2D eigenvalue weighted by atomic mass is 9.91. The monoisotopic (exact) mass is 652 g/mol. The maximum Gasteiger partial charge on any atom is 0.407 e. The minimum absolute atomic E-state index is 0.0128. The number of aliphatic hydroxyl groups is 1. The number of hydrogen-bond donors (Lipinski definition) is 3. The molecule has 4 atom stereocenters. The minimum Gasteiger partial charge on any atom is -0.445 e. The van der Waals surface area contributed by atoms with Crippen LogP contribution in [0, 0.1) is 5.92 Å². The first-order chi connectivity index (χ1) is 22.8. The molecule has 1 saturated heterocycles. The van der Waals surface area contributed by atoms with Gasteiger partial charge < -0.3 is 30.0 Å². The normalized spacial score (nSPS) is 19.0. The molecule has 244 valence electrons. The molecule has 1 aliphatic rings. The third kappa shape index (κ3) is 9.33. The fraction of sp³-hybridized carbons (Fsp3) is 0.263. The quantitative estimate of drug-likeness (QED) is 0.106. The highest BCUT2D eigenvalue weighted by atomic mass is 32.2. The predicted octanol–water partition coefficient (Wildman–Crippen LogP) is 7.80. The highest BCUT2D eigenvalue weighted by Crippen LogP contribution is 2.43. The molecular weight excluding hydrogens is 612 g/mol. The molecule has 1 aliphatic heterocycles. The fourth-order valence-electron chi connectivity index (χ4n) is 5.38. The summed E-state index contributed by atoms with van der Waals surface area (Å²) in [6, 6.07) is 31.9. The number of carbonyl (C=O) groups is 2. The van der Waals surface area contributed by atoms with Gasteiger partial charge in [-0.05, 0) is 58.1 Å². The molecule has 2 amide bonds. The van der Waals surface area contributed by atoms with Crippen LogP contribution in [-0.4, -0.2) is 35.6 Å². The largest absolute Gasteiger partial charge is 0.445 e. The molecule has 0 radical (unpaired) electrons. The molecule has 4 aromatic carbocycles. The first kappa shape index (κ1) is 33.9. The van der Waals surface area contributed by atoms with E-state index in [4.69, 9.17) is 14.2 Å². The molecule has 0 aliphatic carbocycles. The molecule has 0 aromatic heterocycles. The minimum atomic E-state index is -0.576. The van der Waals surface area contributed by atoms with Gasteiger partial charge in [-0.3, -0.25) is 4.79 Å². The molecule has 5 rings (SSSR count). The maximum absolute atomic E-state index is 11.8. The topological polar surface area (TPSA) is 106 Å². The van der Waals surface area contributed by atoms with Crippen LogP contribution in [0.1, 0.15) is 48.5 Å². The van der Waals surface area contributed by atoms with Gasteiger partial charge in [0.05, 0.1) is 18.8 Å². The molecule has 3 N–H and O–H groups in total. The van der Waals surface area contributed by atoms with Gasteiger partial charge in [0.15, 0.2) is 6.29 Å². The van der Waals surface area contributed by atoms with Gasteiger partial charge in [-0.15, -0.1) is 11.8 Å². The summed E-state index contributed by atoms with van der Waals surface area (Å²) in [7, 11) is 0. The van der Waals surface area contributed by atoms with Crippen molar-refractivity contribution >= 4 is 29.4 Å². The van der Waals surface area contributed by atoms with Crippen LogP contribution in [0.25, 0.3) is 11.1 Å². The smallest absolute Gasteiger partial charge is 0.407 e. The lowest BCUT2D eigenvalue weighted by Crippen LogP contribution is -2.38. The molecule has 0 unspecified atom stereocenters. The van der Waals surface area contributed by atoms with Gasteiger partial charge in [-0.25, -0.2) is 4.79 Å². The van der Waals surface area contributed by atoms with Crippen molar-refractivity contribution in [2.45, 2.75) is 50.4 Å². The number of rotatable bonds is 12. The molecule has 47 heavy (non-hydrogen) atoms. The molecular formula is C38H40N2O6S. The maximum atomic E-state index is 11.8. The number of nitrogens with one attached hydrogen (secondary N) is 2. The summed E-state index contributed by atoms with van der Waals surface area (Å²) < 4.78 is 18.3. The Hall–Kier alpha value is -4.41. The highest BCUT2D eigenvalue weighted by molar-refractivity contribution is 7.99. The Morgan fingerprint density at radius 2 is 1.64 bits per heavy atom. The van der Waals surface area contributed by atoms with E-state index in [1.165, 1.54) is 13.0 Å². The summed E-state index contributed by atoms with van der Waals surface area (Å²) in [6.07, 6.45) is 0.141. The van der Waals surface area contributed by atoms with E-state index in [9.17, 15) is 14.7 Å². The van der Waals surface area contributed by atoms with E-state index in [2.05, 4.69) is 36.3 Å². The Kier molecular flexibility index (Phi) is 11.9. The highest BCUT2D eigenvalue weighted by Gasteiger charge is 2.38. The van der Waals surface area contributed by atoms with E-state index in [1.807, 2.05) is 84.9 Å². The molecule has 0 spiro atoms. The van der Waals surface area contributed by atoms with Crippen LogP contribution in [-0.2, 0) is 32.2 Å². The average Bonchev–Trinajstić information content (AvgIpc) is 3.10. The Labute approximate surface area is 280 Å². The Bertz CT molecular complexity index is 1640. The zero-order valence-corrected chi connectivity index (χ0v) is 27.4. The van der Waals surface area contributed by atoms with Crippen LogP contribution in [0.2, 0.25) is 0 Å². The number of carbonyl (C=O) groups excluding carboxylic acids is 2. The van der Waals surface area contributed by atoms with E-state index in [0.29, 0.717) is 12.3 Å². The van der Waals surface area contributed by atoms with Crippen molar-refractivity contribution < 1.29 is 28.9 Å². The molecule has 1 fully saturated rings. The zero-order chi connectivity index (χ0) is 33.2. The van der Waals surface area contributed by atoms with Gasteiger partial charge in [0.2, 0.25) is 5.91 Å². The molecule has 8 nitrogen and oxygen atoms in total. The van der Waals surface area contributed by atoms with Crippen LogP contribution >= 0.6 is 11.8 Å². The van der Waals surface area contributed by atoms with Crippen LogP contribution in [0.15, 0.2) is 115 Å². The van der Waals surface area contributed by atoms with E-state index in [-0.39, 0.29) is 37.2 Å². The second kappa shape index (κ2) is 16.4. The molecule has 4 aromatic rings. The summed E-state index contributed by atoms with van der Waals surface area (Å²) in [5.41, 5.74) is 6.57. The van der Waals surface area contributed by atoms with Crippen LogP contribution in [0.5, 0.6) is 0 Å². The van der Waals surface area contributed by atoms with E-state index < -0.39 is 12.4 Å². The van der Waals surface area contributed by atoms with Gasteiger partial charge in [0.1, 0.15) is 6.61 Å². The molecule has 1 heterocycles. The van der Waals surface area contributed by atoms with E-state index in [0.717, 1.165) is 44.0 Å². The number of thioether (sulfide) groups is 1. The van der Waals surface area contributed by atoms with Crippen molar-refractivity contribution in [1.29, 1.82) is 0 Å². The van der Waals surface area contributed by atoms with Crippen molar-refractivity contribution in [2.24, 2.45) is 5.92 Å². The first-order valence-electron chi connectivity index (χ1n) is 15.5. The van der Waals surface area contributed by atoms with Gasteiger partial charge >= 0.3 is 6.09 Å². The Morgan fingerprint density at radius 1 is 0.915 bits per heavy atom. The van der Waals surface area contributed by atoms with Crippen molar-refractivity contribution in [1.82, 2.24) is 5.32 Å². The van der Waals surface area contributed by atoms with Gasteiger partial charge in [-0.1, -0.05) is 86.3 Å². The van der Waals surface area contributed by atoms with Crippen molar-refractivity contribution in [3.63, 3.8) is 0 Å². The van der Waals surface area contributed by atoms with Crippen molar-refractivity contribution in [3.8, 4) is 11.1 Å². The molecule has 0 saturated carbocycles. The Morgan fingerprint density at radius 3 is 2.32 bits per heavy atom. The van der Waals surface area contributed by atoms with Crippen LogP contribution in [0.4, 0.5) is 10.5 Å². The standard InChI is InChI=1S/C38H40N2O6S/c1-4-20-44-38(43)39-22-28-6-5-7-32(21-28)29-12-14-31(15-13-29)37-45-35(24-47-34-18-16-33(17-19-34)40-26(3)42)25(2)36(46-37)30-10-8-27(23-41)9-11-30/h4-19,21,25,35-37,41H,1,20,22-24H2,2-3H3,(H,39,43)(H,40,42)/t25-,35+,36+,37+/m0/s1. The number of benzene rings is 4. The number of aliphatic hydroxyl groups excluding tert-OH is 1. The number of hydrogen-bond acceptors (Lipinski definition) is 7. The lowest BCUT2D eigenvalue weighted by molar-refractivity contribution is -0.268. The SMILES string of the molecule is C=CCOC(=O)NCc1cccc(-c2ccc([C@@H]3O[C@H](CSc4ccc(NC(C)=O)cc4)[C@H](C)[C@H](c4ccc(CO)cc4)O3)cc2)c1. The summed E-state index contributed by atoms with van der Waals surface area (Å²) >= 11 is 1.70. The number of amides is 2. The third-order valence-corrected chi connectivity index (χ3v) is 9.03. The average molecular weight is 653 g/mol. The van der Waals surface area contributed by atoms with Gasteiger partial charge in [0, 0.05) is 41.3 Å².